The molecule has 7 heteroatoms. The molecule has 0 atom stereocenters. The molecule has 1 aliphatic heterocycles. The quantitative estimate of drug-likeness (QED) is 0.642. The number of likely N-dealkylation sites (tertiary alicyclic amines) is 1. The van der Waals surface area contributed by atoms with Crippen LogP contribution in [0.15, 0.2) is 42.5 Å². The molecule has 1 heterocycles. The smallest absolute Gasteiger partial charge is 0.251 e. The Bertz CT molecular complexity index is 822. The lowest BCUT2D eigenvalue weighted by molar-refractivity contribution is 0.0935. The number of hydrogen-bond donors (Lipinski definition) is 2. The zero-order valence-electron chi connectivity index (χ0n) is 16.6. The Hall–Kier alpha value is -2.28. The summed E-state index contributed by atoms with van der Waals surface area (Å²) in [5.74, 6) is 0.716. The predicted molar refractivity (Wildman–Crippen MR) is 113 cm³/mol. The molecule has 0 aliphatic carbocycles. The molecule has 0 bridgehead atoms. The van der Waals surface area contributed by atoms with Gasteiger partial charge in [0.15, 0.2) is 0 Å². The van der Waals surface area contributed by atoms with Crippen LogP contribution < -0.4 is 10.1 Å². The molecule has 1 saturated heterocycles. The van der Waals surface area contributed by atoms with E-state index in [2.05, 4.69) is 10.2 Å². The summed E-state index contributed by atoms with van der Waals surface area (Å²) in [4.78, 5) is 14.4. The van der Waals surface area contributed by atoms with Gasteiger partial charge in [0.25, 0.3) is 5.91 Å². The zero-order chi connectivity index (χ0) is 20.6. The monoisotopic (exact) mass is 418 g/mol. The second-order valence-corrected chi connectivity index (χ2v) is 7.56. The molecule has 2 N–H and O–H groups in total. The summed E-state index contributed by atoms with van der Waals surface area (Å²) in [5.41, 5.74) is 1.60. The highest BCUT2D eigenvalue weighted by Crippen LogP contribution is 2.29. The number of carbonyl (C=O) groups is 1. The van der Waals surface area contributed by atoms with Crippen LogP contribution in [0.2, 0.25) is 5.02 Å². The van der Waals surface area contributed by atoms with Gasteiger partial charge in [0.2, 0.25) is 0 Å². The molecule has 0 saturated carbocycles. The van der Waals surface area contributed by atoms with Crippen molar-refractivity contribution < 1.29 is 19.4 Å². The van der Waals surface area contributed by atoms with E-state index in [4.69, 9.17) is 21.1 Å². The Balaban J connectivity index is 1.49. The van der Waals surface area contributed by atoms with Crippen LogP contribution in [0.5, 0.6) is 11.5 Å². The van der Waals surface area contributed by atoms with Crippen molar-refractivity contribution >= 4 is 17.5 Å². The van der Waals surface area contributed by atoms with Crippen LogP contribution in [0, 0.1) is 0 Å². The van der Waals surface area contributed by atoms with Gasteiger partial charge in [-0.15, -0.1) is 0 Å². The standard InChI is InChI=1S/C22H27ClN2O4/c1-28-12-9-24-22(27)17-5-6-21(20(23)14-17)29-19-7-10-25(11-8-19)15-16-3-2-4-18(26)13-16/h2-6,13-14,19,26H,7-12,15H2,1H3,(H,24,27). The molecule has 2 aromatic carbocycles. The van der Waals surface area contributed by atoms with E-state index in [-0.39, 0.29) is 12.0 Å². The third-order valence-corrected chi connectivity index (χ3v) is 5.23. The van der Waals surface area contributed by atoms with Gasteiger partial charge < -0.3 is 19.9 Å². The van der Waals surface area contributed by atoms with E-state index < -0.39 is 0 Å². The fraction of sp³-hybridized carbons (Fsp3) is 0.409. The van der Waals surface area contributed by atoms with E-state index in [1.165, 1.54) is 0 Å². The van der Waals surface area contributed by atoms with Crippen LogP contribution in [0.25, 0.3) is 0 Å². The molecule has 0 unspecified atom stereocenters. The van der Waals surface area contributed by atoms with Crippen molar-refractivity contribution in [3.05, 3.63) is 58.6 Å². The number of rotatable bonds is 8. The maximum absolute atomic E-state index is 12.1. The number of carbonyl (C=O) groups excluding carboxylic acids is 1. The third kappa shape index (κ3) is 6.35. The number of amides is 1. The predicted octanol–water partition coefficient (Wildman–Crippen LogP) is 3.47. The summed E-state index contributed by atoms with van der Waals surface area (Å²) >= 11 is 6.34. The van der Waals surface area contributed by atoms with Crippen LogP contribution >= 0.6 is 11.6 Å². The van der Waals surface area contributed by atoms with Gasteiger partial charge in [-0.05, 0) is 48.7 Å². The van der Waals surface area contributed by atoms with E-state index in [1.807, 2.05) is 12.1 Å². The highest BCUT2D eigenvalue weighted by molar-refractivity contribution is 6.32. The zero-order valence-corrected chi connectivity index (χ0v) is 17.3. The molecule has 156 valence electrons. The number of nitrogens with zero attached hydrogens (tertiary/aromatic N) is 1. The molecule has 3 rings (SSSR count). The van der Waals surface area contributed by atoms with E-state index in [0.29, 0.717) is 35.2 Å². The second-order valence-electron chi connectivity index (χ2n) is 7.16. The molecular formula is C22H27ClN2O4. The number of nitrogens with one attached hydrogen (secondary N) is 1. The number of ether oxygens (including phenoxy) is 2. The van der Waals surface area contributed by atoms with Crippen molar-refractivity contribution in [3.63, 3.8) is 0 Å². The maximum atomic E-state index is 12.1. The fourth-order valence-corrected chi connectivity index (χ4v) is 3.61. The van der Waals surface area contributed by atoms with E-state index in [1.54, 1.807) is 37.4 Å². The summed E-state index contributed by atoms with van der Waals surface area (Å²) in [7, 11) is 1.59. The number of piperidine rings is 1. The van der Waals surface area contributed by atoms with Crippen LogP contribution in [0.3, 0.4) is 0 Å². The highest BCUT2D eigenvalue weighted by atomic mass is 35.5. The number of benzene rings is 2. The van der Waals surface area contributed by atoms with Crippen molar-refractivity contribution in [1.82, 2.24) is 10.2 Å². The third-order valence-electron chi connectivity index (χ3n) is 4.93. The summed E-state index contributed by atoms with van der Waals surface area (Å²) in [6.45, 7) is 3.56. The second kappa shape index (κ2) is 10.5. The van der Waals surface area contributed by atoms with Crippen LogP contribution in [0.4, 0.5) is 0 Å². The first-order chi connectivity index (χ1) is 14.0. The lowest BCUT2D eigenvalue weighted by Gasteiger charge is -2.32. The van der Waals surface area contributed by atoms with Gasteiger partial charge in [-0.2, -0.15) is 0 Å². The first-order valence-electron chi connectivity index (χ1n) is 9.79. The van der Waals surface area contributed by atoms with Gasteiger partial charge in [-0.25, -0.2) is 0 Å². The molecule has 29 heavy (non-hydrogen) atoms. The minimum atomic E-state index is -0.184. The van der Waals surface area contributed by atoms with E-state index in [9.17, 15) is 9.90 Å². The topological polar surface area (TPSA) is 71.0 Å². The average Bonchev–Trinajstić information content (AvgIpc) is 2.71. The number of phenols is 1. The highest BCUT2D eigenvalue weighted by Gasteiger charge is 2.22. The largest absolute Gasteiger partial charge is 0.508 e. The molecule has 2 aromatic rings. The van der Waals surface area contributed by atoms with Gasteiger partial charge in [-0.3, -0.25) is 9.69 Å². The number of methoxy groups -OCH3 is 1. The van der Waals surface area contributed by atoms with Crippen molar-refractivity contribution in [2.75, 3.05) is 33.4 Å². The number of hydrogen-bond acceptors (Lipinski definition) is 5. The molecule has 0 spiro atoms. The Kier molecular flexibility index (Phi) is 7.75. The lowest BCUT2D eigenvalue weighted by Crippen LogP contribution is -2.37. The summed E-state index contributed by atoms with van der Waals surface area (Å²) in [6, 6.07) is 12.5. The first kappa shape index (κ1) is 21.4. The summed E-state index contributed by atoms with van der Waals surface area (Å²) in [5, 5.41) is 12.8. The average molecular weight is 419 g/mol. The Morgan fingerprint density at radius 3 is 2.72 bits per heavy atom. The van der Waals surface area contributed by atoms with Gasteiger partial charge in [0.05, 0.1) is 11.6 Å². The fourth-order valence-electron chi connectivity index (χ4n) is 3.38. The number of halogens is 1. The van der Waals surface area contributed by atoms with Crippen LogP contribution in [-0.2, 0) is 11.3 Å². The van der Waals surface area contributed by atoms with E-state index in [0.717, 1.165) is 38.0 Å². The molecular weight excluding hydrogens is 392 g/mol. The van der Waals surface area contributed by atoms with Gasteiger partial charge in [0, 0.05) is 38.9 Å². The van der Waals surface area contributed by atoms with E-state index >= 15 is 0 Å². The minimum absolute atomic E-state index is 0.0919. The molecule has 6 nitrogen and oxygen atoms in total. The van der Waals surface area contributed by atoms with Crippen LogP contribution in [-0.4, -0.2) is 55.4 Å². The van der Waals surface area contributed by atoms with Crippen molar-refractivity contribution in [3.8, 4) is 11.5 Å². The molecule has 0 radical (unpaired) electrons. The summed E-state index contributed by atoms with van der Waals surface area (Å²) < 4.78 is 11.0. The van der Waals surface area contributed by atoms with Crippen LogP contribution in [0.1, 0.15) is 28.8 Å². The lowest BCUT2D eigenvalue weighted by atomic mass is 10.1. The minimum Gasteiger partial charge on any atom is -0.508 e. The van der Waals surface area contributed by atoms with Gasteiger partial charge in [-0.1, -0.05) is 23.7 Å². The molecule has 1 aliphatic rings. The molecule has 1 fully saturated rings. The normalized spacial score (nSPS) is 15.2. The Labute approximate surface area is 176 Å². The SMILES string of the molecule is COCCNC(=O)c1ccc(OC2CCN(Cc3cccc(O)c3)CC2)c(Cl)c1. The number of aromatic hydroxyl groups is 1. The van der Waals surface area contributed by atoms with Crippen molar-refractivity contribution in [1.29, 1.82) is 0 Å². The first-order valence-corrected chi connectivity index (χ1v) is 10.2. The van der Waals surface area contributed by atoms with Crippen molar-refractivity contribution in [2.45, 2.75) is 25.5 Å². The molecule has 0 aromatic heterocycles. The van der Waals surface area contributed by atoms with Crippen molar-refractivity contribution in [2.24, 2.45) is 0 Å². The molecule has 1 amide bonds. The maximum Gasteiger partial charge on any atom is 0.251 e. The van der Waals surface area contributed by atoms with Gasteiger partial charge >= 0.3 is 0 Å². The van der Waals surface area contributed by atoms with Gasteiger partial charge in [0.1, 0.15) is 17.6 Å². The summed E-state index contributed by atoms with van der Waals surface area (Å²) in [6.07, 6.45) is 1.89. The number of phenolic OH excluding ortho intramolecular Hbond substituents is 1. The Morgan fingerprint density at radius 1 is 1.24 bits per heavy atom. The Morgan fingerprint density at radius 2 is 2.03 bits per heavy atom.